The molecule has 0 atom stereocenters. The Morgan fingerprint density at radius 2 is 1.64 bits per heavy atom. The van der Waals surface area contributed by atoms with Crippen LogP contribution in [-0.2, 0) is 9.84 Å². The number of nitrogens with zero attached hydrogens (tertiary/aromatic N) is 2. The van der Waals surface area contributed by atoms with Crippen molar-refractivity contribution in [2.45, 2.75) is 6.92 Å². The summed E-state index contributed by atoms with van der Waals surface area (Å²) in [5.41, 5.74) is -0.233. The first-order valence-corrected chi connectivity index (χ1v) is 8.97. The van der Waals surface area contributed by atoms with Crippen LogP contribution in [0, 0.1) is 12.7 Å². The summed E-state index contributed by atoms with van der Waals surface area (Å²) in [5, 5.41) is 2.65. The SMILES string of the molecule is Cc1cc(F)ccc1NC1=C(S(C)(=O)=O)C(=O)c2nccnc2C1=O. The highest BCUT2D eigenvalue weighted by atomic mass is 32.2. The molecule has 3 rings (SSSR count). The third-order valence-electron chi connectivity index (χ3n) is 3.61. The van der Waals surface area contributed by atoms with E-state index in [0.29, 0.717) is 11.3 Å². The molecule has 1 N–H and O–H groups in total. The van der Waals surface area contributed by atoms with Crippen LogP contribution in [-0.4, -0.2) is 36.2 Å². The van der Waals surface area contributed by atoms with Gasteiger partial charge in [0.1, 0.15) is 27.8 Å². The van der Waals surface area contributed by atoms with Crippen LogP contribution in [0.15, 0.2) is 41.2 Å². The molecule has 0 fully saturated rings. The second-order valence-corrected chi connectivity index (χ2v) is 7.42. The summed E-state index contributed by atoms with van der Waals surface area (Å²) < 4.78 is 37.5. The topological polar surface area (TPSA) is 106 Å². The number of carbonyl (C=O) groups excluding carboxylic acids is 2. The predicted octanol–water partition coefficient (Wildman–Crippen LogP) is 1.67. The lowest BCUT2D eigenvalue weighted by atomic mass is 10.0. The lowest BCUT2D eigenvalue weighted by Crippen LogP contribution is -2.31. The Labute approximate surface area is 142 Å². The van der Waals surface area contributed by atoms with Gasteiger partial charge in [0.05, 0.1) is 0 Å². The molecule has 1 aromatic heterocycles. The van der Waals surface area contributed by atoms with Gasteiger partial charge < -0.3 is 5.32 Å². The molecule has 128 valence electrons. The van der Waals surface area contributed by atoms with Crippen molar-refractivity contribution in [3.05, 3.63) is 64.0 Å². The molecule has 1 aliphatic rings. The van der Waals surface area contributed by atoms with Gasteiger partial charge in [0.15, 0.2) is 9.84 Å². The number of Topliss-reactive ketones (excluding diaryl/α,β-unsaturated/α-hetero) is 2. The molecule has 25 heavy (non-hydrogen) atoms. The summed E-state index contributed by atoms with van der Waals surface area (Å²) in [5.74, 6) is -2.16. The van der Waals surface area contributed by atoms with Gasteiger partial charge in [-0.15, -0.1) is 0 Å². The summed E-state index contributed by atoms with van der Waals surface area (Å²) in [6.07, 6.45) is 3.26. The van der Waals surface area contributed by atoms with Crippen molar-refractivity contribution >= 4 is 27.1 Å². The Morgan fingerprint density at radius 3 is 2.20 bits per heavy atom. The van der Waals surface area contributed by atoms with Crippen molar-refractivity contribution in [3.63, 3.8) is 0 Å². The van der Waals surface area contributed by atoms with Crippen molar-refractivity contribution in [2.75, 3.05) is 11.6 Å². The molecule has 0 amide bonds. The largest absolute Gasteiger partial charge is 0.351 e. The van der Waals surface area contributed by atoms with E-state index >= 15 is 0 Å². The monoisotopic (exact) mass is 361 g/mol. The van der Waals surface area contributed by atoms with E-state index in [1.165, 1.54) is 24.5 Å². The number of ketones is 2. The molecule has 1 aromatic carbocycles. The Kier molecular flexibility index (Phi) is 3.96. The van der Waals surface area contributed by atoms with Crippen molar-refractivity contribution < 1.29 is 22.4 Å². The van der Waals surface area contributed by atoms with Gasteiger partial charge >= 0.3 is 0 Å². The molecule has 1 aliphatic carbocycles. The van der Waals surface area contributed by atoms with Crippen LogP contribution in [0.5, 0.6) is 0 Å². The van der Waals surface area contributed by atoms with Gasteiger partial charge in [-0.2, -0.15) is 0 Å². The number of benzene rings is 1. The predicted molar refractivity (Wildman–Crippen MR) is 87.3 cm³/mol. The number of fused-ring (bicyclic) bond motifs is 1. The number of halogens is 1. The Bertz CT molecular complexity index is 1060. The number of sulfone groups is 1. The molecule has 7 nitrogen and oxygen atoms in total. The van der Waals surface area contributed by atoms with Gasteiger partial charge in [-0.05, 0) is 30.7 Å². The third kappa shape index (κ3) is 2.93. The van der Waals surface area contributed by atoms with Gasteiger partial charge in [0.25, 0.3) is 0 Å². The minimum Gasteiger partial charge on any atom is -0.351 e. The number of rotatable bonds is 3. The zero-order chi connectivity index (χ0) is 18.4. The van der Waals surface area contributed by atoms with Crippen molar-refractivity contribution in [1.29, 1.82) is 0 Å². The molecule has 0 spiro atoms. The van der Waals surface area contributed by atoms with E-state index in [4.69, 9.17) is 0 Å². The average molecular weight is 361 g/mol. The number of aromatic nitrogens is 2. The van der Waals surface area contributed by atoms with E-state index in [0.717, 1.165) is 12.3 Å². The highest BCUT2D eigenvalue weighted by Gasteiger charge is 2.39. The number of carbonyl (C=O) groups is 2. The fraction of sp³-hybridized carbons (Fsp3) is 0.125. The minimum absolute atomic E-state index is 0.234. The first-order chi connectivity index (χ1) is 11.7. The number of aryl methyl sites for hydroxylation is 1. The first kappa shape index (κ1) is 16.9. The number of allylic oxidation sites excluding steroid dienone is 2. The molecule has 0 saturated carbocycles. The summed E-state index contributed by atoms with van der Waals surface area (Å²) >= 11 is 0. The molecule has 9 heteroatoms. The fourth-order valence-electron chi connectivity index (χ4n) is 2.48. The normalized spacial score (nSPS) is 14.5. The van der Waals surface area contributed by atoms with Gasteiger partial charge in [-0.3, -0.25) is 9.59 Å². The molecule has 0 saturated heterocycles. The molecular formula is C16H12FN3O4S. The number of hydrogen-bond acceptors (Lipinski definition) is 7. The second kappa shape index (κ2) is 5.85. The molecular weight excluding hydrogens is 349 g/mol. The molecule has 0 bridgehead atoms. The number of anilines is 1. The van der Waals surface area contributed by atoms with Crippen LogP contribution in [0.25, 0.3) is 0 Å². The average Bonchev–Trinajstić information content (AvgIpc) is 2.53. The van der Waals surface area contributed by atoms with E-state index in [-0.39, 0.29) is 11.4 Å². The van der Waals surface area contributed by atoms with Crippen LogP contribution >= 0.6 is 0 Å². The van der Waals surface area contributed by atoms with E-state index < -0.39 is 37.8 Å². The number of hydrogen-bond donors (Lipinski definition) is 1. The minimum atomic E-state index is -4.04. The Morgan fingerprint density at radius 1 is 1.04 bits per heavy atom. The highest BCUT2D eigenvalue weighted by Crippen LogP contribution is 2.29. The standard InChI is InChI=1S/C16H12FN3O4S/c1-8-7-9(17)3-4-10(8)20-13-14(21)11-12(19-6-5-18-11)15(22)16(13)25(2,23)24/h3-7,20H,1-2H3. The van der Waals surface area contributed by atoms with E-state index in [2.05, 4.69) is 15.3 Å². The summed E-state index contributed by atoms with van der Waals surface area (Å²) in [6, 6.07) is 3.71. The lowest BCUT2D eigenvalue weighted by Gasteiger charge is -2.20. The maximum Gasteiger partial charge on any atom is 0.231 e. The molecule has 1 heterocycles. The summed E-state index contributed by atoms with van der Waals surface area (Å²) in [4.78, 5) is 32.2. The van der Waals surface area contributed by atoms with Crippen LogP contribution in [0.4, 0.5) is 10.1 Å². The van der Waals surface area contributed by atoms with Crippen LogP contribution in [0.1, 0.15) is 26.5 Å². The second-order valence-electron chi connectivity index (χ2n) is 5.47. The first-order valence-electron chi connectivity index (χ1n) is 7.08. The van der Waals surface area contributed by atoms with Crippen molar-refractivity contribution in [2.24, 2.45) is 0 Å². The van der Waals surface area contributed by atoms with E-state index in [9.17, 15) is 22.4 Å². The van der Waals surface area contributed by atoms with Gasteiger partial charge in [0, 0.05) is 24.3 Å². The smallest absolute Gasteiger partial charge is 0.231 e. The number of nitrogens with one attached hydrogen (secondary N) is 1. The van der Waals surface area contributed by atoms with Gasteiger partial charge in [-0.1, -0.05) is 0 Å². The molecule has 0 radical (unpaired) electrons. The molecule has 0 unspecified atom stereocenters. The van der Waals surface area contributed by atoms with Crippen LogP contribution < -0.4 is 5.32 Å². The zero-order valence-corrected chi connectivity index (χ0v) is 14.0. The summed E-state index contributed by atoms with van der Waals surface area (Å²) in [6.45, 7) is 1.58. The maximum absolute atomic E-state index is 13.3. The summed E-state index contributed by atoms with van der Waals surface area (Å²) in [7, 11) is -4.04. The van der Waals surface area contributed by atoms with Crippen LogP contribution in [0.2, 0.25) is 0 Å². The van der Waals surface area contributed by atoms with Crippen LogP contribution in [0.3, 0.4) is 0 Å². The molecule has 0 aliphatic heterocycles. The quantitative estimate of drug-likeness (QED) is 0.886. The maximum atomic E-state index is 13.3. The van der Waals surface area contributed by atoms with E-state index in [1.807, 2.05) is 0 Å². The highest BCUT2D eigenvalue weighted by molar-refractivity contribution is 7.95. The Balaban J connectivity index is 2.22. The molecule has 2 aromatic rings. The van der Waals surface area contributed by atoms with E-state index in [1.54, 1.807) is 6.92 Å². The van der Waals surface area contributed by atoms with Crippen molar-refractivity contribution in [1.82, 2.24) is 9.97 Å². The van der Waals surface area contributed by atoms with Gasteiger partial charge in [0.2, 0.25) is 11.6 Å². The Hall–Kier alpha value is -2.94. The zero-order valence-electron chi connectivity index (χ0n) is 13.2. The third-order valence-corrected chi connectivity index (χ3v) is 4.74. The van der Waals surface area contributed by atoms with Crippen molar-refractivity contribution in [3.8, 4) is 0 Å². The lowest BCUT2D eigenvalue weighted by molar-refractivity contribution is 0.0974. The fourth-order valence-corrected chi connectivity index (χ4v) is 3.43. The van der Waals surface area contributed by atoms with Gasteiger partial charge in [-0.25, -0.2) is 22.8 Å².